The third-order valence-electron chi connectivity index (χ3n) is 3.66. The van der Waals surface area contributed by atoms with Crippen LogP contribution in [-0.4, -0.2) is 37.3 Å². The molecule has 0 unspecified atom stereocenters. The van der Waals surface area contributed by atoms with Gasteiger partial charge in [-0.25, -0.2) is 0 Å². The molecular weight excluding hydrogens is 268 g/mol. The quantitative estimate of drug-likeness (QED) is 0.799. The molecule has 4 nitrogen and oxygen atoms in total. The highest BCUT2D eigenvalue weighted by Crippen LogP contribution is 2.33. The van der Waals surface area contributed by atoms with Crippen LogP contribution in [0.5, 0.6) is 0 Å². The standard InChI is InChI=1S/C17H22O4/c1-17(2)20-14-9-6-10-19-15(16(14)21-17)12-18-11-13-7-4-3-5-8-13/h3-9,14-16H,10-12H2,1-2H3/t14-,15+,16-/m0/s1. The van der Waals surface area contributed by atoms with Gasteiger partial charge >= 0.3 is 0 Å². The van der Waals surface area contributed by atoms with Gasteiger partial charge in [-0.15, -0.1) is 0 Å². The minimum absolute atomic E-state index is 0.0622. The molecule has 4 heteroatoms. The van der Waals surface area contributed by atoms with E-state index in [1.165, 1.54) is 0 Å². The molecule has 0 spiro atoms. The van der Waals surface area contributed by atoms with Gasteiger partial charge in [0.2, 0.25) is 0 Å². The van der Waals surface area contributed by atoms with Crippen molar-refractivity contribution in [1.82, 2.24) is 0 Å². The molecule has 114 valence electrons. The maximum Gasteiger partial charge on any atom is 0.164 e. The molecule has 0 saturated carbocycles. The van der Waals surface area contributed by atoms with Gasteiger partial charge in [0.25, 0.3) is 0 Å². The molecule has 2 aliphatic heterocycles. The van der Waals surface area contributed by atoms with Crippen LogP contribution >= 0.6 is 0 Å². The fourth-order valence-corrected chi connectivity index (χ4v) is 2.73. The first kappa shape index (κ1) is 14.7. The zero-order chi connectivity index (χ0) is 14.7. The predicted molar refractivity (Wildman–Crippen MR) is 78.8 cm³/mol. The zero-order valence-corrected chi connectivity index (χ0v) is 12.5. The van der Waals surface area contributed by atoms with E-state index in [0.717, 1.165) is 5.56 Å². The normalized spacial score (nSPS) is 30.9. The van der Waals surface area contributed by atoms with Crippen LogP contribution in [0.25, 0.3) is 0 Å². The zero-order valence-electron chi connectivity index (χ0n) is 12.5. The molecule has 1 fully saturated rings. The maximum atomic E-state index is 5.97. The van der Waals surface area contributed by atoms with E-state index in [1.807, 2.05) is 44.2 Å². The Labute approximate surface area is 125 Å². The smallest absolute Gasteiger partial charge is 0.164 e. The summed E-state index contributed by atoms with van der Waals surface area (Å²) in [5.74, 6) is -0.571. The van der Waals surface area contributed by atoms with Gasteiger partial charge < -0.3 is 18.9 Å². The van der Waals surface area contributed by atoms with Crippen molar-refractivity contribution in [2.45, 2.75) is 44.6 Å². The van der Waals surface area contributed by atoms with Gasteiger partial charge in [0.1, 0.15) is 18.3 Å². The number of benzene rings is 1. The second-order valence-corrected chi connectivity index (χ2v) is 5.87. The second kappa shape index (κ2) is 6.28. The first-order valence-electron chi connectivity index (χ1n) is 7.40. The Kier molecular flexibility index (Phi) is 4.40. The molecule has 0 N–H and O–H groups in total. The van der Waals surface area contributed by atoms with Crippen LogP contribution in [-0.2, 0) is 25.6 Å². The van der Waals surface area contributed by atoms with E-state index in [1.54, 1.807) is 0 Å². The first-order chi connectivity index (χ1) is 10.1. The summed E-state index contributed by atoms with van der Waals surface area (Å²) in [6, 6.07) is 10.1. The van der Waals surface area contributed by atoms with Gasteiger partial charge in [0.15, 0.2) is 5.79 Å². The maximum absolute atomic E-state index is 5.97. The van der Waals surface area contributed by atoms with Gasteiger partial charge in [-0.2, -0.15) is 0 Å². The summed E-state index contributed by atoms with van der Waals surface area (Å²) in [6.45, 7) is 5.50. The van der Waals surface area contributed by atoms with Crippen molar-refractivity contribution in [3.63, 3.8) is 0 Å². The van der Waals surface area contributed by atoms with Crippen molar-refractivity contribution in [3.05, 3.63) is 48.0 Å². The number of rotatable bonds is 4. The third kappa shape index (κ3) is 3.71. The van der Waals surface area contributed by atoms with Crippen molar-refractivity contribution in [1.29, 1.82) is 0 Å². The highest BCUT2D eigenvalue weighted by Gasteiger charge is 2.45. The average Bonchev–Trinajstić information content (AvgIpc) is 2.66. The van der Waals surface area contributed by atoms with E-state index in [4.69, 9.17) is 18.9 Å². The number of hydrogen-bond acceptors (Lipinski definition) is 4. The summed E-state index contributed by atoms with van der Waals surface area (Å²) in [5, 5.41) is 0. The molecule has 1 saturated heterocycles. The van der Waals surface area contributed by atoms with E-state index in [0.29, 0.717) is 19.8 Å². The van der Waals surface area contributed by atoms with Crippen LogP contribution < -0.4 is 0 Å². The lowest BCUT2D eigenvalue weighted by molar-refractivity contribution is -0.163. The fraction of sp³-hybridized carbons (Fsp3) is 0.529. The highest BCUT2D eigenvalue weighted by molar-refractivity contribution is 5.13. The van der Waals surface area contributed by atoms with E-state index >= 15 is 0 Å². The second-order valence-electron chi connectivity index (χ2n) is 5.87. The molecule has 0 aromatic heterocycles. The third-order valence-corrected chi connectivity index (χ3v) is 3.66. The van der Waals surface area contributed by atoms with E-state index in [-0.39, 0.29) is 18.3 Å². The summed E-state index contributed by atoms with van der Waals surface area (Å²) < 4.78 is 23.5. The minimum atomic E-state index is -0.571. The van der Waals surface area contributed by atoms with Crippen molar-refractivity contribution < 1.29 is 18.9 Å². The van der Waals surface area contributed by atoms with Gasteiger partial charge in [0, 0.05) is 0 Å². The number of ether oxygens (including phenoxy) is 4. The summed E-state index contributed by atoms with van der Waals surface area (Å²) in [6.07, 6.45) is 3.72. The largest absolute Gasteiger partial charge is 0.374 e. The molecule has 2 aliphatic rings. The predicted octanol–water partition coefficient (Wildman–Crippen LogP) is 2.68. The molecule has 0 radical (unpaired) electrons. The highest BCUT2D eigenvalue weighted by atomic mass is 16.8. The SMILES string of the molecule is CC1(C)O[C@H]2[C@H](C=CCO[C@@H]2COCc2ccccc2)O1. The van der Waals surface area contributed by atoms with E-state index in [9.17, 15) is 0 Å². The average molecular weight is 290 g/mol. The van der Waals surface area contributed by atoms with Crippen LogP contribution in [0, 0.1) is 0 Å². The monoisotopic (exact) mass is 290 g/mol. The van der Waals surface area contributed by atoms with Crippen LogP contribution in [0.2, 0.25) is 0 Å². The minimum Gasteiger partial charge on any atom is -0.374 e. The summed E-state index contributed by atoms with van der Waals surface area (Å²) >= 11 is 0. The number of hydrogen-bond donors (Lipinski definition) is 0. The molecule has 3 rings (SSSR count). The molecule has 3 atom stereocenters. The van der Waals surface area contributed by atoms with E-state index in [2.05, 4.69) is 12.1 Å². The topological polar surface area (TPSA) is 36.9 Å². The molecule has 21 heavy (non-hydrogen) atoms. The van der Waals surface area contributed by atoms with E-state index < -0.39 is 5.79 Å². The summed E-state index contributed by atoms with van der Waals surface area (Å²) in [5.41, 5.74) is 1.16. The van der Waals surface area contributed by atoms with Crippen molar-refractivity contribution in [2.75, 3.05) is 13.2 Å². The summed E-state index contributed by atoms with van der Waals surface area (Å²) in [4.78, 5) is 0. The Hall–Kier alpha value is -1.20. The molecule has 1 aromatic carbocycles. The van der Waals surface area contributed by atoms with Crippen LogP contribution in [0.15, 0.2) is 42.5 Å². The molecular formula is C17H22O4. The summed E-state index contributed by atoms with van der Waals surface area (Å²) in [7, 11) is 0. The molecule has 2 heterocycles. The van der Waals surface area contributed by atoms with Crippen molar-refractivity contribution >= 4 is 0 Å². The van der Waals surface area contributed by atoms with Crippen molar-refractivity contribution in [3.8, 4) is 0 Å². The Morgan fingerprint density at radius 1 is 1.19 bits per heavy atom. The van der Waals surface area contributed by atoms with Gasteiger partial charge in [0.05, 0.1) is 19.8 Å². The van der Waals surface area contributed by atoms with Gasteiger partial charge in [-0.1, -0.05) is 42.5 Å². The lowest BCUT2D eigenvalue weighted by atomic mass is 10.1. The molecule has 0 amide bonds. The Morgan fingerprint density at radius 2 is 2.00 bits per heavy atom. The Morgan fingerprint density at radius 3 is 2.81 bits per heavy atom. The van der Waals surface area contributed by atoms with Gasteiger partial charge in [-0.3, -0.25) is 0 Å². The van der Waals surface area contributed by atoms with Gasteiger partial charge in [-0.05, 0) is 19.4 Å². The molecule has 0 bridgehead atoms. The molecule has 0 aliphatic carbocycles. The van der Waals surface area contributed by atoms with Crippen LogP contribution in [0.4, 0.5) is 0 Å². The number of fused-ring (bicyclic) bond motifs is 1. The molecule has 1 aromatic rings. The van der Waals surface area contributed by atoms with Crippen molar-refractivity contribution in [2.24, 2.45) is 0 Å². The lowest BCUT2D eigenvalue weighted by Gasteiger charge is -2.24. The fourth-order valence-electron chi connectivity index (χ4n) is 2.73. The Bertz CT molecular complexity index is 483. The van der Waals surface area contributed by atoms with Crippen LogP contribution in [0.1, 0.15) is 19.4 Å². The first-order valence-corrected chi connectivity index (χ1v) is 7.40. The van der Waals surface area contributed by atoms with Crippen LogP contribution in [0.3, 0.4) is 0 Å². The Balaban J connectivity index is 1.57. The lowest BCUT2D eigenvalue weighted by Crippen LogP contribution is -2.38.